The second-order valence-corrected chi connectivity index (χ2v) is 6.46. The highest BCUT2D eigenvalue weighted by Crippen LogP contribution is 2.16. The number of nitrogens with one attached hydrogen (secondary N) is 1. The van der Waals surface area contributed by atoms with E-state index in [9.17, 15) is 9.59 Å². The molecule has 2 aromatic heterocycles. The zero-order valence-electron chi connectivity index (χ0n) is 14.3. The van der Waals surface area contributed by atoms with Gasteiger partial charge in [0.15, 0.2) is 5.69 Å². The number of hydrogen-bond donors (Lipinski definition) is 1. The normalized spacial score (nSPS) is 15.9. The third kappa shape index (κ3) is 3.12. The number of aromatic nitrogens is 2. The average Bonchev–Trinajstić information content (AvgIpc) is 2.94. The monoisotopic (exact) mass is 329 g/mol. The maximum absolute atomic E-state index is 12.9. The van der Waals surface area contributed by atoms with Gasteiger partial charge in [0.1, 0.15) is 0 Å². The summed E-state index contributed by atoms with van der Waals surface area (Å²) in [5.74, 6) is -0.143. The first-order valence-electron chi connectivity index (χ1n) is 8.23. The van der Waals surface area contributed by atoms with Crippen molar-refractivity contribution in [1.82, 2.24) is 24.5 Å². The lowest BCUT2D eigenvalue weighted by Crippen LogP contribution is -2.47. The fourth-order valence-electron chi connectivity index (χ4n) is 2.84. The number of carbonyl (C=O) groups excluding carboxylic acids is 2. The van der Waals surface area contributed by atoms with Crippen LogP contribution in [0.3, 0.4) is 0 Å². The Morgan fingerprint density at radius 3 is 2.54 bits per heavy atom. The van der Waals surface area contributed by atoms with Gasteiger partial charge < -0.3 is 15.1 Å². The molecule has 2 aromatic rings. The number of fused-ring (bicyclic) bond motifs is 1. The minimum Gasteiger partial charge on any atom is -0.347 e. The molecule has 24 heavy (non-hydrogen) atoms. The lowest BCUT2D eigenvalue weighted by molar-refractivity contribution is 0.0661. The van der Waals surface area contributed by atoms with Crippen molar-refractivity contribution >= 4 is 17.3 Å². The molecule has 0 radical (unpaired) electrons. The molecule has 1 saturated heterocycles. The molecule has 0 spiro atoms. The molecule has 3 heterocycles. The zero-order valence-corrected chi connectivity index (χ0v) is 14.3. The summed E-state index contributed by atoms with van der Waals surface area (Å²) in [5.41, 5.74) is 1.00. The van der Waals surface area contributed by atoms with Crippen LogP contribution in [0.2, 0.25) is 0 Å². The van der Waals surface area contributed by atoms with Crippen LogP contribution in [0.15, 0.2) is 24.4 Å². The highest BCUT2D eigenvalue weighted by Gasteiger charge is 2.27. The molecule has 2 amide bonds. The van der Waals surface area contributed by atoms with Gasteiger partial charge in [0.2, 0.25) is 5.82 Å². The minimum absolute atomic E-state index is 0.00495. The highest BCUT2D eigenvalue weighted by molar-refractivity contribution is 6.02. The minimum atomic E-state index is -0.274. The zero-order chi connectivity index (χ0) is 17.3. The first-order valence-corrected chi connectivity index (χ1v) is 8.23. The van der Waals surface area contributed by atoms with Crippen LogP contribution in [-0.2, 0) is 0 Å². The molecule has 0 aromatic carbocycles. The molecule has 128 valence electrons. The lowest BCUT2D eigenvalue weighted by Gasteiger charge is -2.32. The molecule has 1 fully saturated rings. The third-order valence-corrected chi connectivity index (χ3v) is 4.16. The number of pyridine rings is 1. The van der Waals surface area contributed by atoms with E-state index in [2.05, 4.69) is 15.2 Å². The molecule has 0 saturated carbocycles. The van der Waals surface area contributed by atoms with E-state index in [0.29, 0.717) is 24.3 Å². The second kappa shape index (κ2) is 6.60. The highest BCUT2D eigenvalue weighted by atomic mass is 16.2. The van der Waals surface area contributed by atoms with Gasteiger partial charge in [-0.15, -0.1) is 0 Å². The van der Waals surface area contributed by atoms with Gasteiger partial charge in [-0.05, 0) is 33.0 Å². The number of piperazine rings is 1. The van der Waals surface area contributed by atoms with Crippen LogP contribution in [0.5, 0.6) is 0 Å². The Bertz CT molecular complexity index is 759. The van der Waals surface area contributed by atoms with Crippen LogP contribution in [-0.4, -0.2) is 70.3 Å². The summed E-state index contributed by atoms with van der Waals surface area (Å²) in [6.07, 6.45) is 1.76. The molecule has 1 aliphatic heterocycles. The lowest BCUT2D eigenvalue weighted by atomic mass is 10.2. The van der Waals surface area contributed by atoms with E-state index in [4.69, 9.17) is 0 Å². The summed E-state index contributed by atoms with van der Waals surface area (Å²) in [4.78, 5) is 33.7. The fraction of sp³-hybridized carbons (Fsp3) is 0.471. The van der Waals surface area contributed by atoms with Crippen LogP contribution < -0.4 is 5.32 Å². The van der Waals surface area contributed by atoms with Gasteiger partial charge in [0.05, 0.1) is 5.52 Å². The molecular weight excluding hydrogens is 306 g/mol. The number of imidazole rings is 1. The predicted octanol–water partition coefficient (Wildman–Crippen LogP) is 0.860. The first kappa shape index (κ1) is 16.4. The van der Waals surface area contributed by atoms with Crippen molar-refractivity contribution < 1.29 is 9.59 Å². The average molecular weight is 329 g/mol. The Morgan fingerprint density at radius 2 is 1.88 bits per heavy atom. The van der Waals surface area contributed by atoms with E-state index in [-0.39, 0.29) is 23.7 Å². The number of likely N-dealkylation sites (N-methyl/N-ethyl adjacent to an activating group) is 1. The third-order valence-electron chi connectivity index (χ3n) is 4.16. The molecule has 7 nitrogen and oxygen atoms in total. The van der Waals surface area contributed by atoms with Crippen LogP contribution in [0, 0.1) is 0 Å². The fourth-order valence-corrected chi connectivity index (χ4v) is 2.84. The van der Waals surface area contributed by atoms with E-state index in [1.54, 1.807) is 15.5 Å². The summed E-state index contributed by atoms with van der Waals surface area (Å²) >= 11 is 0. The van der Waals surface area contributed by atoms with E-state index in [1.165, 1.54) is 0 Å². The standard InChI is InChI=1S/C17H23N5O2/c1-12(2)18-16(23)15-19-14(13-6-4-5-7-22(13)15)17(24)21-10-8-20(3)9-11-21/h4-7,12H,8-11H2,1-3H3,(H,18,23). The van der Waals surface area contributed by atoms with Crippen LogP contribution in [0.4, 0.5) is 0 Å². The Morgan fingerprint density at radius 1 is 1.17 bits per heavy atom. The summed E-state index contributed by atoms with van der Waals surface area (Å²) in [5, 5.41) is 2.83. The topological polar surface area (TPSA) is 70.0 Å². The number of carbonyl (C=O) groups is 2. The van der Waals surface area contributed by atoms with Gasteiger partial charge in [-0.2, -0.15) is 0 Å². The van der Waals surface area contributed by atoms with E-state index in [0.717, 1.165) is 13.1 Å². The first-order chi connectivity index (χ1) is 11.5. The van der Waals surface area contributed by atoms with Crippen molar-refractivity contribution in [2.24, 2.45) is 0 Å². The predicted molar refractivity (Wildman–Crippen MR) is 91.2 cm³/mol. The maximum atomic E-state index is 12.9. The number of hydrogen-bond acceptors (Lipinski definition) is 4. The molecule has 0 aliphatic carbocycles. The molecule has 1 aliphatic rings. The molecule has 0 bridgehead atoms. The Hall–Kier alpha value is -2.41. The SMILES string of the molecule is CC(C)NC(=O)c1nc(C(=O)N2CCN(C)CC2)c2ccccn12. The van der Waals surface area contributed by atoms with Crippen molar-refractivity contribution in [2.45, 2.75) is 19.9 Å². The summed E-state index contributed by atoms with van der Waals surface area (Å²) < 4.78 is 1.68. The Kier molecular flexibility index (Phi) is 4.53. The van der Waals surface area contributed by atoms with Crippen molar-refractivity contribution in [2.75, 3.05) is 33.2 Å². The largest absolute Gasteiger partial charge is 0.347 e. The Balaban J connectivity index is 1.96. The van der Waals surface area contributed by atoms with Gasteiger partial charge in [-0.1, -0.05) is 6.07 Å². The van der Waals surface area contributed by atoms with Crippen molar-refractivity contribution in [3.05, 3.63) is 35.9 Å². The number of amides is 2. The van der Waals surface area contributed by atoms with Crippen LogP contribution >= 0.6 is 0 Å². The van der Waals surface area contributed by atoms with Crippen molar-refractivity contribution in [3.8, 4) is 0 Å². The van der Waals surface area contributed by atoms with E-state index in [1.807, 2.05) is 39.1 Å². The quantitative estimate of drug-likeness (QED) is 0.907. The van der Waals surface area contributed by atoms with Crippen LogP contribution in [0.1, 0.15) is 35.0 Å². The molecule has 1 N–H and O–H groups in total. The molecule has 0 unspecified atom stereocenters. The van der Waals surface area contributed by atoms with E-state index >= 15 is 0 Å². The summed E-state index contributed by atoms with van der Waals surface area (Å²) in [6.45, 7) is 6.83. The Labute approximate surface area is 141 Å². The molecular formula is C17H23N5O2. The van der Waals surface area contributed by atoms with Gasteiger partial charge in [-0.25, -0.2) is 4.98 Å². The van der Waals surface area contributed by atoms with Gasteiger partial charge in [0, 0.05) is 38.4 Å². The summed E-state index contributed by atoms with van der Waals surface area (Å²) in [7, 11) is 2.04. The number of rotatable bonds is 3. The number of nitrogens with zero attached hydrogens (tertiary/aromatic N) is 4. The van der Waals surface area contributed by atoms with Crippen molar-refractivity contribution in [3.63, 3.8) is 0 Å². The van der Waals surface area contributed by atoms with Gasteiger partial charge in [-0.3, -0.25) is 14.0 Å². The summed E-state index contributed by atoms with van der Waals surface area (Å²) in [6, 6.07) is 5.50. The molecule has 7 heteroatoms. The van der Waals surface area contributed by atoms with Gasteiger partial charge in [0.25, 0.3) is 11.8 Å². The maximum Gasteiger partial charge on any atom is 0.287 e. The van der Waals surface area contributed by atoms with Gasteiger partial charge >= 0.3 is 0 Å². The molecule has 0 atom stereocenters. The molecule has 3 rings (SSSR count). The second-order valence-electron chi connectivity index (χ2n) is 6.46. The van der Waals surface area contributed by atoms with E-state index < -0.39 is 0 Å². The smallest absolute Gasteiger partial charge is 0.287 e. The van der Waals surface area contributed by atoms with Crippen molar-refractivity contribution in [1.29, 1.82) is 0 Å². The van der Waals surface area contributed by atoms with Crippen LogP contribution in [0.25, 0.3) is 5.52 Å².